The Morgan fingerprint density at radius 2 is 1.27 bits per heavy atom. The Morgan fingerprint density at radius 1 is 0.808 bits per heavy atom. The summed E-state index contributed by atoms with van der Waals surface area (Å²) < 4.78 is 53.2. The zero-order valence-electron chi connectivity index (χ0n) is 14.4. The number of nitrogens with zero attached hydrogens (tertiary/aromatic N) is 1. The molecule has 0 aromatic heterocycles. The number of hydrogen-bond donors (Lipinski definition) is 0. The van der Waals surface area contributed by atoms with Gasteiger partial charge in [0.2, 0.25) is 0 Å². The first kappa shape index (κ1) is 18.3. The van der Waals surface area contributed by atoms with Crippen molar-refractivity contribution < 1.29 is 17.6 Å². The minimum atomic E-state index is -4.00. The molecule has 0 unspecified atom stereocenters. The van der Waals surface area contributed by atoms with E-state index in [0.717, 1.165) is 23.3 Å². The minimum Gasteiger partial charge on any atom is -0.359 e. The van der Waals surface area contributed by atoms with Gasteiger partial charge in [-0.25, -0.2) is 0 Å². The fourth-order valence-corrected chi connectivity index (χ4v) is 2.89. The highest BCUT2D eigenvalue weighted by Crippen LogP contribution is 2.42. The Balaban J connectivity index is 1.69. The normalized spacial score (nSPS) is 17.7. The molecule has 5 heteroatoms. The van der Waals surface area contributed by atoms with Crippen molar-refractivity contribution in [2.45, 2.75) is 31.6 Å². The van der Waals surface area contributed by atoms with E-state index in [9.17, 15) is 17.6 Å². The molecule has 0 saturated carbocycles. The number of hydrogen-bond acceptors (Lipinski definition) is 1. The second kappa shape index (κ2) is 7.03. The molecule has 0 spiro atoms. The van der Waals surface area contributed by atoms with Crippen LogP contribution < -0.4 is 4.90 Å². The first-order chi connectivity index (χ1) is 12.3. The summed E-state index contributed by atoms with van der Waals surface area (Å²) in [5.41, 5.74) is 3.19. The van der Waals surface area contributed by atoms with Crippen molar-refractivity contribution in [1.29, 1.82) is 0 Å². The summed E-state index contributed by atoms with van der Waals surface area (Å²) in [5, 5.41) is 0. The monoisotopic (exact) mass is 361 g/mol. The Hall–Kier alpha value is -2.48. The molecule has 1 heterocycles. The molecule has 1 aliphatic rings. The third kappa shape index (κ3) is 3.85. The predicted octanol–water partition coefficient (Wildman–Crippen LogP) is 5.13. The molecular weight excluding hydrogens is 342 g/mol. The Kier molecular flexibility index (Phi) is 4.95. The standard InChI is InChI=1S/C21H19F4N/c1-2-3-16-4-6-17(7-5-16)8-9-18-10-12-19(13-11-18)26-14-20(22,23)21(24,25)15-26/h4-7,10-13H,2-3,14-15H2,1H3. The largest absolute Gasteiger partial charge is 0.359 e. The van der Waals surface area contributed by atoms with Gasteiger partial charge in [-0.05, 0) is 48.4 Å². The van der Waals surface area contributed by atoms with Crippen molar-refractivity contribution in [2.75, 3.05) is 18.0 Å². The number of halogens is 4. The van der Waals surface area contributed by atoms with Crippen LogP contribution >= 0.6 is 0 Å². The summed E-state index contributed by atoms with van der Waals surface area (Å²) in [6, 6.07) is 14.4. The van der Waals surface area contributed by atoms with Crippen molar-refractivity contribution in [3.8, 4) is 11.8 Å². The minimum absolute atomic E-state index is 0.344. The lowest BCUT2D eigenvalue weighted by atomic mass is 10.1. The number of rotatable bonds is 3. The molecule has 0 aliphatic carbocycles. The maximum absolute atomic E-state index is 13.3. The summed E-state index contributed by atoms with van der Waals surface area (Å²) in [6.07, 6.45) is 2.12. The Morgan fingerprint density at radius 3 is 1.73 bits per heavy atom. The fraction of sp³-hybridized carbons (Fsp3) is 0.333. The van der Waals surface area contributed by atoms with Crippen LogP contribution in [0, 0.1) is 11.8 Å². The average molecular weight is 361 g/mol. The van der Waals surface area contributed by atoms with Crippen LogP contribution in [-0.4, -0.2) is 24.9 Å². The summed E-state index contributed by atoms with van der Waals surface area (Å²) in [7, 11) is 0. The van der Waals surface area contributed by atoms with Crippen LogP contribution in [0.5, 0.6) is 0 Å². The van der Waals surface area contributed by atoms with Crippen molar-refractivity contribution in [3.63, 3.8) is 0 Å². The van der Waals surface area contributed by atoms with Gasteiger partial charge in [0.15, 0.2) is 0 Å². The summed E-state index contributed by atoms with van der Waals surface area (Å²) in [4.78, 5) is 1.00. The van der Waals surface area contributed by atoms with E-state index in [-0.39, 0.29) is 0 Å². The van der Waals surface area contributed by atoms with Crippen LogP contribution in [0.1, 0.15) is 30.0 Å². The highest BCUT2D eigenvalue weighted by Gasteiger charge is 2.62. The van der Waals surface area contributed by atoms with Crippen molar-refractivity contribution in [3.05, 3.63) is 65.2 Å². The van der Waals surface area contributed by atoms with Crippen LogP contribution in [0.3, 0.4) is 0 Å². The topological polar surface area (TPSA) is 3.24 Å². The van der Waals surface area contributed by atoms with Gasteiger partial charge in [-0.1, -0.05) is 37.3 Å². The van der Waals surface area contributed by atoms with E-state index in [0.29, 0.717) is 11.3 Å². The third-order valence-corrected chi connectivity index (χ3v) is 4.39. The van der Waals surface area contributed by atoms with E-state index in [1.54, 1.807) is 24.3 Å². The first-order valence-corrected chi connectivity index (χ1v) is 8.52. The number of anilines is 1. The van der Waals surface area contributed by atoms with Gasteiger partial charge in [0.05, 0.1) is 13.1 Å². The van der Waals surface area contributed by atoms with Crippen LogP contribution in [0.15, 0.2) is 48.5 Å². The molecule has 3 rings (SSSR count). The SMILES string of the molecule is CCCc1ccc(C#Cc2ccc(N3CC(F)(F)C(F)(F)C3)cc2)cc1. The van der Waals surface area contributed by atoms with Crippen LogP contribution in [-0.2, 0) is 6.42 Å². The van der Waals surface area contributed by atoms with Gasteiger partial charge in [0.1, 0.15) is 0 Å². The highest BCUT2D eigenvalue weighted by molar-refractivity contribution is 5.53. The molecule has 1 saturated heterocycles. The van der Waals surface area contributed by atoms with E-state index in [1.807, 2.05) is 24.3 Å². The smallest absolute Gasteiger partial charge is 0.329 e. The molecule has 0 radical (unpaired) electrons. The third-order valence-electron chi connectivity index (χ3n) is 4.39. The molecule has 2 aromatic rings. The van der Waals surface area contributed by atoms with Gasteiger partial charge in [0, 0.05) is 16.8 Å². The number of benzene rings is 2. The molecule has 26 heavy (non-hydrogen) atoms. The van der Waals surface area contributed by atoms with Crippen molar-refractivity contribution in [1.82, 2.24) is 0 Å². The summed E-state index contributed by atoms with van der Waals surface area (Å²) >= 11 is 0. The van der Waals surface area contributed by atoms with Gasteiger partial charge in [0.25, 0.3) is 0 Å². The molecule has 136 valence electrons. The lowest BCUT2D eigenvalue weighted by Gasteiger charge is -2.16. The highest BCUT2D eigenvalue weighted by atomic mass is 19.3. The number of alkyl halides is 4. The molecule has 0 amide bonds. The van der Waals surface area contributed by atoms with E-state index < -0.39 is 24.9 Å². The van der Waals surface area contributed by atoms with E-state index in [2.05, 4.69) is 18.8 Å². The van der Waals surface area contributed by atoms with Crippen LogP contribution in [0.2, 0.25) is 0 Å². The Bertz CT molecular complexity index is 798. The Labute approximate surface area is 150 Å². The van der Waals surface area contributed by atoms with Crippen molar-refractivity contribution in [2.24, 2.45) is 0 Å². The maximum atomic E-state index is 13.3. The second-order valence-corrected chi connectivity index (χ2v) is 6.51. The van der Waals surface area contributed by atoms with Gasteiger partial charge in [-0.15, -0.1) is 0 Å². The van der Waals surface area contributed by atoms with Crippen molar-refractivity contribution >= 4 is 5.69 Å². The second-order valence-electron chi connectivity index (χ2n) is 6.51. The average Bonchev–Trinajstić information content (AvgIpc) is 2.83. The fourth-order valence-electron chi connectivity index (χ4n) is 2.89. The van der Waals surface area contributed by atoms with Gasteiger partial charge in [-0.2, -0.15) is 17.6 Å². The van der Waals surface area contributed by atoms with E-state index in [4.69, 9.17) is 0 Å². The lowest BCUT2D eigenvalue weighted by Crippen LogP contribution is -2.38. The van der Waals surface area contributed by atoms with Crippen LogP contribution in [0.25, 0.3) is 0 Å². The number of aryl methyl sites for hydroxylation is 1. The quantitative estimate of drug-likeness (QED) is 0.541. The zero-order valence-corrected chi connectivity index (χ0v) is 14.4. The predicted molar refractivity (Wildman–Crippen MR) is 95.0 cm³/mol. The van der Waals surface area contributed by atoms with E-state index in [1.165, 1.54) is 5.56 Å². The van der Waals surface area contributed by atoms with Crippen LogP contribution in [0.4, 0.5) is 23.2 Å². The first-order valence-electron chi connectivity index (χ1n) is 8.52. The summed E-state index contributed by atoms with van der Waals surface area (Å²) in [5.74, 6) is -1.97. The maximum Gasteiger partial charge on any atom is 0.329 e. The molecule has 1 nitrogen and oxygen atoms in total. The molecule has 1 fully saturated rings. The zero-order chi connectivity index (χ0) is 18.8. The summed E-state index contributed by atoms with van der Waals surface area (Å²) in [6.45, 7) is 0.173. The lowest BCUT2D eigenvalue weighted by molar-refractivity contribution is -0.172. The van der Waals surface area contributed by atoms with Gasteiger partial charge in [-0.3, -0.25) is 0 Å². The van der Waals surface area contributed by atoms with Gasteiger partial charge < -0.3 is 4.90 Å². The molecular formula is C21H19F4N. The molecule has 0 bridgehead atoms. The molecule has 1 aliphatic heterocycles. The molecule has 2 aromatic carbocycles. The molecule has 0 N–H and O–H groups in total. The van der Waals surface area contributed by atoms with Gasteiger partial charge >= 0.3 is 11.8 Å². The van der Waals surface area contributed by atoms with E-state index >= 15 is 0 Å². The molecule has 0 atom stereocenters.